The van der Waals surface area contributed by atoms with Crippen molar-refractivity contribution in [2.45, 2.75) is 26.4 Å². The van der Waals surface area contributed by atoms with E-state index in [0.717, 1.165) is 5.56 Å². The molecule has 1 rings (SSSR count). The second-order valence-electron chi connectivity index (χ2n) is 3.08. The Morgan fingerprint density at radius 3 is 2.67 bits per heavy atom. The average Bonchev–Trinajstić information content (AvgIpc) is 1.96. The van der Waals surface area contributed by atoms with Crippen LogP contribution in [0.15, 0.2) is 18.2 Å². The highest BCUT2D eigenvalue weighted by atomic mass is 19.1. The zero-order valence-electron chi connectivity index (χ0n) is 7.27. The summed E-state index contributed by atoms with van der Waals surface area (Å²) in [6.45, 7) is 3.30. The van der Waals surface area contributed by atoms with Gasteiger partial charge in [-0.1, -0.05) is 17.7 Å². The van der Waals surface area contributed by atoms with E-state index in [4.69, 9.17) is 0 Å². The topological polar surface area (TPSA) is 0 Å². The molecule has 1 aromatic rings. The van der Waals surface area contributed by atoms with Gasteiger partial charge in [-0.05, 0) is 25.5 Å². The largest absolute Gasteiger partial charge is 0.247 e. The molecule has 1 aromatic carbocycles. The van der Waals surface area contributed by atoms with Crippen molar-refractivity contribution in [3.05, 3.63) is 35.1 Å². The Hall–Kier alpha value is -0.920. The fourth-order valence-corrected chi connectivity index (χ4v) is 1.16. The molecule has 0 amide bonds. The molecule has 66 valence electrons. The Labute approximate surface area is 71.2 Å². The van der Waals surface area contributed by atoms with Crippen molar-refractivity contribution in [2.75, 3.05) is 0 Å². The van der Waals surface area contributed by atoms with Crippen LogP contribution in [0.3, 0.4) is 0 Å². The predicted molar refractivity (Wildman–Crippen MR) is 45.4 cm³/mol. The summed E-state index contributed by atoms with van der Waals surface area (Å²) >= 11 is 0. The first-order valence-electron chi connectivity index (χ1n) is 3.98. The monoisotopic (exact) mass is 170 g/mol. The molecule has 0 saturated carbocycles. The van der Waals surface area contributed by atoms with E-state index in [-0.39, 0.29) is 12.2 Å². The Bertz CT molecular complexity index is 267. The summed E-state index contributed by atoms with van der Waals surface area (Å²) < 4.78 is 25.5. The van der Waals surface area contributed by atoms with Crippen LogP contribution < -0.4 is 0 Å². The fraction of sp³-hybridized carbons (Fsp3) is 0.400. The van der Waals surface area contributed by atoms with Gasteiger partial charge in [0.25, 0.3) is 0 Å². The second-order valence-corrected chi connectivity index (χ2v) is 3.08. The number of rotatable bonds is 2. The Morgan fingerprint density at radius 1 is 1.42 bits per heavy atom. The van der Waals surface area contributed by atoms with Gasteiger partial charge in [-0.25, -0.2) is 8.78 Å². The SMILES string of the molecule is Cc1ccc(F)c(CC(C)F)c1. The number of halogens is 2. The lowest BCUT2D eigenvalue weighted by atomic mass is 10.1. The lowest BCUT2D eigenvalue weighted by Gasteiger charge is -2.04. The minimum absolute atomic E-state index is 0.160. The van der Waals surface area contributed by atoms with Gasteiger partial charge in [-0.15, -0.1) is 0 Å². The summed E-state index contributed by atoms with van der Waals surface area (Å²) in [7, 11) is 0. The minimum atomic E-state index is -0.985. The van der Waals surface area contributed by atoms with Crippen LogP contribution in [-0.4, -0.2) is 6.17 Å². The van der Waals surface area contributed by atoms with Gasteiger partial charge in [0.05, 0.1) is 0 Å². The zero-order chi connectivity index (χ0) is 9.14. The van der Waals surface area contributed by atoms with E-state index >= 15 is 0 Å². The van der Waals surface area contributed by atoms with Crippen LogP contribution in [0.5, 0.6) is 0 Å². The van der Waals surface area contributed by atoms with Gasteiger partial charge in [0.15, 0.2) is 0 Å². The molecule has 0 aromatic heterocycles. The molecule has 2 heteroatoms. The maximum absolute atomic E-state index is 13.0. The van der Waals surface area contributed by atoms with E-state index in [0.29, 0.717) is 5.56 Å². The van der Waals surface area contributed by atoms with Gasteiger partial charge in [0, 0.05) is 6.42 Å². The van der Waals surface area contributed by atoms with Crippen LogP contribution in [0.2, 0.25) is 0 Å². The molecule has 12 heavy (non-hydrogen) atoms. The first-order chi connectivity index (χ1) is 5.59. The first kappa shape index (κ1) is 9.17. The molecule has 0 spiro atoms. The fourth-order valence-electron chi connectivity index (χ4n) is 1.16. The van der Waals surface area contributed by atoms with Crippen LogP contribution in [0, 0.1) is 12.7 Å². The molecule has 1 atom stereocenters. The molecule has 0 aliphatic heterocycles. The molecule has 1 unspecified atom stereocenters. The molecular formula is C10H12F2. The Balaban J connectivity index is 2.90. The molecule has 0 heterocycles. The van der Waals surface area contributed by atoms with Gasteiger partial charge in [-0.2, -0.15) is 0 Å². The summed E-state index contributed by atoms with van der Waals surface area (Å²) in [6.07, 6.45) is -0.825. The highest BCUT2D eigenvalue weighted by Gasteiger charge is 2.05. The van der Waals surface area contributed by atoms with E-state index in [1.165, 1.54) is 13.0 Å². The molecule has 0 aliphatic carbocycles. The van der Waals surface area contributed by atoms with Crippen LogP contribution in [0.4, 0.5) is 8.78 Å². The van der Waals surface area contributed by atoms with Gasteiger partial charge >= 0.3 is 0 Å². The quantitative estimate of drug-likeness (QED) is 0.640. The van der Waals surface area contributed by atoms with Gasteiger partial charge < -0.3 is 0 Å². The summed E-state index contributed by atoms with van der Waals surface area (Å²) in [5.74, 6) is -0.315. The van der Waals surface area contributed by atoms with Crippen molar-refractivity contribution in [1.82, 2.24) is 0 Å². The lowest BCUT2D eigenvalue weighted by molar-refractivity contribution is 0.356. The molecule has 0 bridgehead atoms. The molecule has 0 aliphatic rings. The summed E-state index contributed by atoms with van der Waals surface area (Å²) in [4.78, 5) is 0. The zero-order valence-corrected chi connectivity index (χ0v) is 7.27. The number of benzene rings is 1. The first-order valence-corrected chi connectivity index (χ1v) is 3.98. The molecular weight excluding hydrogens is 158 g/mol. The van der Waals surface area contributed by atoms with Crippen molar-refractivity contribution in [3.8, 4) is 0 Å². The van der Waals surface area contributed by atoms with Crippen molar-refractivity contribution >= 4 is 0 Å². The summed E-state index contributed by atoms with van der Waals surface area (Å²) in [5, 5.41) is 0. The third kappa shape index (κ3) is 2.29. The van der Waals surface area contributed by atoms with Gasteiger partial charge in [0.1, 0.15) is 12.0 Å². The Morgan fingerprint density at radius 2 is 2.08 bits per heavy atom. The summed E-state index contributed by atoms with van der Waals surface area (Å²) in [5.41, 5.74) is 1.43. The number of alkyl halides is 1. The van der Waals surface area contributed by atoms with E-state index < -0.39 is 6.17 Å². The van der Waals surface area contributed by atoms with Gasteiger partial charge in [0.2, 0.25) is 0 Å². The second kappa shape index (κ2) is 3.65. The van der Waals surface area contributed by atoms with Crippen molar-refractivity contribution in [2.24, 2.45) is 0 Å². The maximum Gasteiger partial charge on any atom is 0.126 e. The van der Waals surface area contributed by atoms with E-state index in [9.17, 15) is 8.78 Å². The van der Waals surface area contributed by atoms with Crippen molar-refractivity contribution in [3.63, 3.8) is 0 Å². The normalized spacial score (nSPS) is 13.0. The third-order valence-corrected chi connectivity index (χ3v) is 1.70. The van der Waals surface area contributed by atoms with Crippen LogP contribution >= 0.6 is 0 Å². The molecule has 0 saturated heterocycles. The van der Waals surface area contributed by atoms with E-state index in [1.54, 1.807) is 12.1 Å². The molecule has 0 fully saturated rings. The smallest absolute Gasteiger partial charge is 0.126 e. The van der Waals surface area contributed by atoms with Crippen LogP contribution in [-0.2, 0) is 6.42 Å². The maximum atomic E-state index is 13.0. The average molecular weight is 170 g/mol. The molecule has 0 radical (unpaired) electrons. The lowest BCUT2D eigenvalue weighted by Crippen LogP contribution is -2.01. The molecule has 0 N–H and O–H groups in total. The highest BCUT2D eigenvalue weighted by Crippen LogP contribution is 2.12. The van der Waals surface area contributed by atoms with Crippen molar-refractivity contribution in [1.29, 1.82) is 0 Å². The number of hydrogen-bond acceptors (Lipinski definition) is 0. The van der Waals surface area contributed by atoms with Crippen molar-refractivity contribution < 1.29 is 8.78 Å². The number of hydrogen-bond donors (Lipinski definition) is 0. The van der Waals surface area contributed by atoms with E-state index in [1.807, 2.05) is 6.92 Å². The van der Waals surface area contributed by atoms with Crippen LogP contribution in [0.1, 0.15) is 18.1 Å². The highest BCUT2D eigenvalue weighted by molar-refractivity contribution is 5.24. The van der Waals surface area contributed by atoms with Gasteiger partial charge in [-0.3, -0.25) is 0 Å². The van der Waals surface area contributed by atoms with Crippen LogP contribution in [0.25, 0.3) is 0 Å². The predicted octanol–water partition coefficient (Wildman–Crippen LogP) is 3.03. The number of aryl methyl sites for hydroxylation is 1. The summed E-state index contributed by atoms with van der Waals surface area (Å²) in [6, 6.07) is 4.75. The Kier molecular flexibility index (Phi) is 2.79. The standard InChI is InChI=1S/C10H12F2/c1-7-3-4-10(12)9(5-7)6-8(2)11/h3-5,8H,6H2,1-2H3. The third-order valence-electron chi connectivity index (χ3n) is 1.70. The molecule has 0 nitrogen and oxygen atoms in total. The van der Waals surface area contributed by atoms with E-state index in [2.05, 4.69) is 0 Å². The minimum Gasteiger partial charge on any atom is -0.247 e.